The molecule has 0 radical (unpaired) electrons. The summed E-state index contributed by atoms with van der Waals surface area (Å²) in [5.41, 5.74) is 2.97. The number of carbonyl (C=O) groups is 4. The van der Waals surface area contributed by atoms with Crippen LogP contribution < -0.4 is 15.1 Å². The number of rotatable bonds is 5. The van der Waals surface area contributed by atoms with Gasteiger partial charge in [0.25, 0.3) is 11.8 Å². The molecule has 9 heteroatoms. The summed E-state index contributed by atoms with van der Waals surface area (Å²) >= 11 is 5.93. The quantitative estimate of drug-likeness (QED) is 0.443. The number of anilines is 1. The van der Waals surface area contributed by atoms with Crippen LogP contribution in [0.5, 0.6) is 11.5 Å². The van der Waals surface area contributed by atoms with Crippen LogP contribution in [0.1, 0.15) is 23.7 Å². The second-order valence-electron chi connectivity index (χ2n) is 7.54. The van der Waals surface area contributed by atoms with Crippen LogP contribution >= 0.6 is 11.6 Å². The van der Waals surface area contributed by atoms with Crippen LogP contribution in [-0.2, 0) is 14.4 Å². The van der Waals surface area contributed by atoms with Crippen molar-refractivity contribution in [1.29, 1.82) is 0 Å². The first-order valence-corrected chi connectivity index (χ1v) is 10.8. The highest BCUT2D eigenvalue weighted by atomic mass is 35.5. The number of nitrogens with one attached hydrogen (secondary N) is 1. The van der Waals surface area contributed by atoms with E-state index in [0.29, 0.717) is 22.2 Å². The van der Waals surface area contributed by atoms with Gasteiger partial charge in [-0.1, -0.05) is 35.9 Å². The summed E-state index contributed by atoms with van der Waals surface area (Å²) in [5.74, 6) is -1.15. The van der Waals surface area contributed by atoms with E-state index in [-0.39, 0.29) is 12.0 Å². The van der Waals surface area contributed by atoms with Crippen molar-refractivity contribution in [3.8, 4) is 11.5 Å². The van der Waals surface area contributed by atoms with E-state index >= 15 is 0 Å². The Bertz CT molecular complexity index is 1250. The second kappa shape index (κ2) is 9.76. The average molecular weight is 478 g/mol. The number of ether oxygens (including phenoxy) is 1. The van der Waals surface area contributed by atoms with Gasteiger partial charge in [-0.05, 0) is 54.6 Å². The number of halogens is 1. The Morgan fingerprint density at radius 3 is 2.29 bits per heavy atom. The smallest absolute Gasteiger partial charge is 0.269 e. The molecule has 4 rings (SSSR count). The predicted molar refractivity (Wildman–Crippen MR) is 125 cm³/mol. The van der Waals surface area contributed by atoms with Crippen LogP contribution in [0.25, 0.3) is 0 Å². The van der Waals surface area contributed by atoms with E-state index < -0.39 is 29.7 Å². The molecule has 1 aliphatic heterocycles. The molecule has 1 saturated heterocycles. The molecule has 0 aromatic heterocycles. The van der Waals surface area contributed by atoms with E-state index in [4.69, 9.17) is 16.3 Å². The number of hydrazine groups is 1. The molecule has 1 fully saturated rings. The van der Waals surface area contributed by atoms with Gasteiger partial charge in [-0.25, -0.2) is 9.91 Å². The lowest BCUT2D eigenvalue weighted by atomic mass is 10.2. The molecule has 1 heterocycles. The number of amides is 4. The standard InChI is InChI=1S/C25H20ClN3O5/c1-16(30)29(27-24(32)17-6-5-7-18(26)14-17)22-15-23(31)28(25(22)33)19-10-12-21(13-11-19)34-20-8-3-2-4-9-20/h2-14,22H,15H2,1H3,(H,27,32). The summed E-state index contributed by atoms with van der Waals surface area (Å²) in [6.07, 6.45) is -0.267. The van der Waals surface area contributed by atoms with Crippen molar-refractivity contribution in [2.24, 2.45) is 0 Å². The lowest BCUT2D eigenvalue weighted by molar-refractivity contribution is -0.139. The molecule has 0 bridgehead atoms. The van der Waals surface area contributed by atoms with Gasteiger partial charge in [-0.2, -0.15) is 0 Å². The molecule has 0 spiro atoms. The highest BCUT2D eigenvalue weighted by Crippen LogP contribution is 2.29. The fourth-order valence-electron chi connectivity index (χ4n) is 3.56. The number of para-hydroxylation sites is 1. The van der Waals surface area contributed by atoms with Crippen molar-refractivity contribution >= 4 is 40.9 Å². The van der Waals surface area contributed by atoms with Crippen molar-refractivity contribution in [3.63, 3.8) is 0 Å². The van der Waals surface area contributed by atoms with Gasteiger partial charge in [0, 0.05) is 17.5 Å². The minimum Gasteiger partial charge on any atom is -0.457 e. The maximum atomic E-state index is 13.1. The maximum absolute atomic E-state index is 13.1. The Morgan fingerprint density at radius 2 is 1.65 bits per heavy atom. The third-order valence-electron chi connectivity index (χ3n) is 5.16. The van der Waals surface area contributed by atoms with Gasteiger partial charge in [-0.15, -0.1) is 0 Å². The van der Waals surface area contributed by atoms with E-state index in [0.717, 1.165) is 9.91 Å². The van der Waals surface area contributed by atoms with Gasteiger partial charge in [0.15, 0.2) is 0 Å². The normalized spacial score (nSPS) is 15.2. The molecule has 1 N–H and O–H groups in total. The van der Waals surface area contributed by atoms with E-state index in [9.17, 15) is 19.2 Å². The van der Waals surface area contributed by atoms with Gasteiger partial charge < -0.3 is 4.74 Å². The highest BCUT2D eigenvalue weighted by molar-refractivity contribution is 6.31. The highest BCUT2D eigenvalue weighted by Gasteiger charge is 2.44. The largest absolute Gasteiger partial charge is 0.457 e. The first kappa shape index (κ1) is 23.0. The molecule has 0 saturated carbocycles. The zero-order valence-corrected chi connectivity index (χ0v) is 18.9. The van der Waals surface area contributed by atoms with Crippen LogP contribution in [0.2, 0.25) is 5.02 Å². The minimum absolute atomic E-state index is 0.210. The fourth-order valence-corrected chi connectivity index (χ4v) is 3.75. The minimum atomic E-state index is -1.17. The van der Waals surface area contributed by atoms with Crippen molar-refractivity contribution < 1.29 is 23.9 Å². The second-order valence-corrected chi connectivity index (χ2v) is 7.97. The summed E-state index contributed by atoms with van der Waals surface area (Å²) in [4.78, 5) is 51.7. The molecule has 1 aliphatic rings. The Labute approximate surface area is 200 Å². The van der Waals surface area contributed by atoms with Crippen LogP contribution in [0.3, 0.4) is 0 Å². The number of nitrogens with zero attached hydrogens (tertiary/aromatic N) is 2. The monoisotopic (exact) mass is 477 g/mol. The number of imide groups is 1. The summed E-state index contributed by atoms with van der Waals surface area (Å²) in [7, 11) is 0. The van der Waals surface area contributed by atoms with E-state index in [1.165, 1.54) is 19.1 Å². The van der Waals surface area contributed by atoms with Crippen LogP contribution in [-0.4, -0.2) is 34.7 Å². The molecule has 34 heavy (non-hydrogen) atoms. The molecule has 3 aromatic carbocycles. The Balaban J connectivity index is 1.50. The Kier molecular flexibility index (Phi) is 6.60. The van der Waals surface area contributed by atoms with E-state index in [2.05, 4.69) is 5.43 Å². The summed E-state index contributed by atoms with van der Waals surface area (Å²) < 4.78 is 5.74. The Hall–Kier alpha value is -4.17. The van der Waals surface area contributed by atoms with E-state index in [1.54, 1.807) is 48.5 Å². The molecule has 4 amide bonds. The predicted octanol–water partition coefficient (Wildman–Crippen LogP) is 3.96. The number of carbonyl (C=O) groups excluding carboxylic acids is 4. The van der Waals surface area contributed by atoms with Crippen molar-refractivity contribution in [3.05, 3.63) is 89.4 Å². The molecule has 0 aliphatic carbocycles. The summed E-state index contributed by atoms with van der Waals surface area (Å²) in [6.45, 7) is 1.20. The fraction of sp³-hybridized carbons (Fsp3) is 0.120. The van der Waals surface area contributed by atoms with Gasteiger partial charge in [-0.3, -0.25) is 24.6 Å². The molecule has 1 unspecified atom stereocenters. The zero-order valence-electron chi connectivity index (χ0n) is 18.1. The van der Waals surface area contributed by atoms with Crippen molar-refractivity contribution in [2.45, 2.75) is 19.4 Å². The Morgan fingerprint density at radius 1 is 0.971 bits per heavy atom. The van der Waals surface area contributed by atoms with Gasteiger partial charge in [0.1, 0.15) is 17.5 Å². The molecule has 1 atom stereocenters. The third kappa shape index (κ3) is 4.92. The molecular weight excluding hydrogens is 458 g/mol. The lowest BCUT2D eigenvalue weighted by Crippen LogP contribution is -2.54. The molecule has 172 valence electrons. The first-order valence-electron chi connectivity index (χ1n) is 10.4. The molecule has 3 aromatic rings. The molecule has 8 nitrogen and oxygen atoms in total. The summed E-state index contributed by atoms with van der Waals surface area (Å²) in [6, 6.07) is 20.6. The maximum Gasteiger partial charge on any atom is 0.269 e. The molecular formula is C25H20ClN3O5. The van der Waals surface area contributed by atoms with E-state index in [1.807, 2.05) is 18.2 Å². The van der Waals surface area contributed by atoms with Crippen molar-refractivity contribution in [1.82, 2.24) is 10.4 Å². The van der Waals surface area contributed by atoms with Gasteiger partial charge >= 0.3 is 0 Å². The average Bonchev–Trinajstić information content (AvgIpc) is 3.11. The van der Waals surface area contributed by atoms with Gasteiger partial charge in [0.2, 0.25) is 11.8 Å². The number of hydrogen-bond donors (Lipinski definition) is 1. The summed E-state index contributed by atoms with van der Waals surface area (Å²) in [5, 5.41) is 1.23. The van der Waals surface area contributed by atoms with Crippen LogP contribution in [0.15, 0.2) is 78.9 Å². The van der Waals surface area contributed by atoms with Gasteiger partial charge in [0.05, 0.1) is 12.1 Å². The number of hydrogen-bond acceptors (Lipinski definition) is 5. The number of benzene rings is 3. The third-order valence-corrected chi connectivity index (χ3v) is 5.39. The SMILES string of the molecule is CC(=O)N(NC(=O)c1cccc(Cl)c1)C1CC(=O)N(c2ccc(Oc3ccccc3)cc2)C1=O. The van der Waals surface area contributed by atoms with Crippen LogP contribution in [0, 0.1) is 0 Å². The van der Waals surface area contributed by atoms with Crippen LogP contribution in [0.4, 0.5) is 5.69 Å². The van der Waals surface area contributed by atoms with Crippen molar-refractivity contribution in [2.75, 3.05) is 4.90 Å². The topological polar surface area (TPSA) is 96.0 Å². The first-order chi connectivity index (χ1) is 16.3. The lowest BCUT2D eigenvalue weighted by Gasteiger charge is -2.26. The zero-order chi connectivity index (χ0) is 24.2.